The molecule has 0 bridgehead atoms. The average molecular weight is 503 g/mol. The summed E-state index contributed by atoms with van der Waals surface area (Å²) in [5.41, 5.74) is 3.86. The summed E-state index contributed by atoms with van der Waals surface area (Å²) in [5, 5.41) is 6.88. The van der Waals surface area contributed by atoms with E-state index in [4.69, 9.17) is 0 Å². The lowest BCUT2D eigenvalue weighted by molar-refractivity contribution is 0.593. The molecule has 6 heteroatoms. The zero-order chi connectivity index (χ0) is 19.6. The molecule has 5 nitrogen and oxygen atoms in total. The Labute approximate surface area is 190 Å². The SMILES string of the molecule is CN=C(NCc1ccc(Cn2ccnc2)cc1)NC(C)CCc1ccccc1.I. The van der Waals surface area contributed by atoms with Gasteiger partial charge < -0.3 is 15.2 Å². The second-order valence-electron chi connectivity index (χ2n) is 7.05. The molecule has 1 atom stereocenters. The van der Waals surface area contributed by atoms with Gasteiger partial charge in [-0.3, -0.25) is 4.99 Å². The Bertz CT molecular complexity index is 845. The number of hydrogen-bond acceptors (Lipinski definition) is 2. The fourth-order valence-electron chi connectivity index (χ4n) is 3.07. The van der Waals surface area contributed by atoms with Crippen LogP contribution in [0, 0.1) is 0 Å². The van der Waals surface area contributed by atoms with E-state index in [1.165, 1.54) is 16.7 Å². The van der Waals surface area contributed by atoms with E-state index >= 15 is 0 Å². The summed E-state index contributed by atoms with van der Waals surface area (Å²) in [5.74, 6) is 0.836. The minimum absolute atomic E-state index is 0. The average Bonchev–Trinajstić information content (AvgIpc) is 3.24. The van der Waals surface area contributed by atoms with Crippen LogP contribution in [0.5, 0.6) is 0 Å². The summed E-state index contributed by atoms with van der Waals surface area (Å²) in [6.07, 6.45) is 7.74. The standard InChI is InChI=1S/C23H29N5.HI/c1-19(8-9-20-6-4-3-5-7-20)27-23(24-2)26-16-21-10-12-22(13-11-21)17-28-15-14-25-18-28;/h3-7,10-15,18-19H,8-9,16-17H2,1-2H3,(H2,24,26,27);1H. The Morgan fingerprint density at radius 2 is 1.76 bits per heavy atom. The Hall–Kier alpha value is -2.35. The van der Waals surface area contributed by atoms with Crippen molar-refractivity contribution in [1.29, 1.82) is 0 Å². The van der Waals surface area contributed by atoms with E-state index in [0.717, 1.165) is 31.9 Å². The Balaban J connectivity index is 0.00000300. The van der Waals surface area contributed by atoms with Gasteiger partial charge in [0.05, 0.1) is 6.33 Å². The molecule has 2 N–H and O–H groups in total. The summed E-state index contributed by atoms with van der Waals surface area (Å²) >= 11 is 0. The zero-order valence-corrected chi connectivity index (χ0v) is 19.4. The monoisotopic (exact) mass is 503 g/mol. The van der Waals surface area contributed by atoms with Crippen LogP contribution in [-0.4, -0.2) is 28.6 Å². The Morgan fingerprint density at radius 3 is 2.41 bits per heavy atom. The smallest absolute Gasteiger partial charge is 0.191 e. The molecule has 0 saturated heterocycles. The van der Waals surface area contributed by atoms with Crippen molar-refractivity contribution >= 4 is 29.9 Å². The predicted molar refractivity (Wildman–Crippen MR) is 131 cm³/mol. The number of hydrogen-bond donors (Lipinski definition) is 2. The van der Waals surface area contributed by atoms with Gasteiger partial charge in [-0.2, -0.15) is 0 Å². The molecule has 0 amide bonds. The van der Waals surface area contributed by atoms with Gasteiger partial charge in [0, 0.05) is 38.6 Å². The van der Waals surface area contributed by atoms with Gasteiger partial charge in [0.15, 0.2) is 5.96 Å². The fourth-order valence-corrected chi connectivity index (χ4v) is 3.07. The number of benzene rings is 2. The minimum Gasteiger partial charge on any atom is -0.354 e. The maximum Gasteiger partial charge on any atom is 0.191 e. The Kier molecular flexibility index (Phi) is 9.70. The summed E-state index contributed by atoms with van der Waals surface area (Å²) in [6.45, 7) is 3.78. The molecular weight excluding hydrogens is 473 g/mol. The summed E-state index contributed by atoms with van der Waals surface area (Å²) in [6, 6.07) is 19.6. The van der Waals surface area contributed by atoms with Gasteiger partial charge in [-0.15, -0.1) is 24.0 Å². The van der Waals surface area contributed by atoms with Gasteiger partial charge >= 0.3 is 0 Å². The van der Waals surface area contributed by atoms with Crippen molar-refractivity contribution in [3.8, 4) is 0 Å². The number of imidazole rings is 1. The van der Waals surface area contributed by atoms with Crippen molar-refractivity contribution < 1.29 is 0 Å². The molecule has 3 rings (SSSR count). The van der Waals surface area contributed by atoms with Gasteiger partial charge in [-0.05, 0) is 36.5 Å². The summed E-state index contributed by atoms with van der Waals surface area (Å²) < 4.78 is 2.07. The number of guanidine groups is 1. The van der Waals surface area contributed by atoms with Crippen LogP contribution in [0.4, 0.5) is 0 Å². The summed E-state index contributed by atoms with van der Waals surface area (Å²) in [4.78, 5) is 8.43. The van der Waals surface area contributed by atoms with Crippen LogP contribution in [0.2, 0.25) is 0 Å². The molecule has 3 aromatic rings. The van der Waals surface area contributed by atoms with Gasteiger partial charge in [-0.25, -0.2) is 4.98 Å². The van der Waals surface area contributed by atoms with Crippen molar-refractivity contribution in [1.82, 2.24) is 20.2 Å². The molecule has 1 unspecified atom stereocenters. The lowest BCUT2D eigenvalue weighted by atomic mass is 10.1. The first-order valence-corrected chi connectivity index (χ1v) is 9.77. The second kappa shape index (κ2) is 12.3. The maximum absolute atomic E-state index is 4.35. The van der Waals surface area contributed by atoms with Gasteiger partial charge in [0.25, 0.3) is 0 Å². The van der Waals surface area contributed by atoms with Gasteiger partial charge in [-0.1, -0.05) is 54.6 Å². The predicted octanol–water partition coefficient (Wildman–Crippen LogP) is 4.24. The molecule has 0 aliphatic carbocycles. The molecule has 0 saturated carbocycles. The van der Waals surface area contributed by atoms with E-state index in [-0.39, 0.29) is 24.0 Å². The Morgan fingerprint density at radius 1 is 1.03 bits per heavy atom. The molecule has 29 heavy (non-hydrogen) atoms. The van der Waals surface area contributed by atoms with Crippen LogP contribution in [0.15, 0.2) is 78.3 Å². The maximum atomic E-state index is 4.35. The molecule has 0 fully saturated rings. The number of aryl methyl sites for hydroxylation is 1. The highest BCUT2D eigenvalue weighted by Crippen LogP contribution is 2.07. The first-order chi connectivity index (χ1) is 13.7. The number of halogens is 1. The summed E-state index contributed by atoms with van der Waals surface area (Å²) in [7, 11) is 1.81. The quantitative estimate of drug-likeness (QED) is 0.275. The van der Waals surface area contributed by atoms with E-state index in [1.54, 1.807) is 6.20 Å². The van der Waals surface area contributed by atoms with E-state index in [9.17, 15) is 0 Å². The van der Waals surface area contributed by atoms with Crippen LogP contribution in [0.1, 0.15) is 30.0 Å². The van der Waals surface area contributed by atoms with Crippen molar-refractivity contribution in [2.75, 3.05) is 7.05 Å². The van der Waals surface area contributed by atoms with Crippen LogP contribution >= 0.6 is 24.0 Å². The fraction of sp³-hybridized carbons (Fsp3) is 0.304. The molecule has 1 heterocycles. The largest absolute Gasteiger partial charge is 0.354 e. The van der Waals surface area contributed by atoms with E-state index in [2.05, 4.69) is 86.7 Å². The van der Waals surface area contributed by atoms with Crippen molar-refractivity contribution in [3.05, 3.63) is 90.0 Å². The van der Waals surface area contributed by atoms with E-state index in [0.29, 0.717) is 6.04 Å². The van der Waals surface area contributed by atoms with Crippen LogP contribution in [0.25, 0.3) is 0 Å². The highest BCUT2D eigenvalue weighted by atomic mass is 127. The lowest BCUT2D eigenvalue weighted by Crippen LogP contribution is -2.42. The first kappa shape index (κ1) is 22.9. The lowest BCUT2D eigenvalue weighted by Gasteiger charge is -2.18. The number of rotatable bonds is 8. The van der Waals surface area contributed by atoms with Gasteiger partial charge in [0.2, 0.25) is 0 Å². The number of nitrogens with one attached hydrogen (secondary N) is 2. The zero-order valence-electron chi connectivity index (χ0n) is 17.1. The van der Waals surface area contributed by atoms with Crippen LogP contribution in [0.3, 0.4) is 0 Å². The molecule has 0 aliphatic heterocycles. The third kappa shape index (κ3) is 7.89. The van der Waals surface area contributed by atoms with Crippen LogP contribution in [-0.2, 0) is 19.5 Å². The molecule has 0 spiro atoms. The number of aliphatic imine (C=N–C) groups is 1. The minimum atomic E-state index is 0. The normalized spacial score (nSPS) is 12.1. The van der Waals surface area contributed by atoms with E-state index in [1.807, 2.05) is 19.6 Å². The molecule has 0 radical (unpaired) electrons. The third-order valence-electron chi connectivity index (χ3n) is 4.72. The highest BCUT2D eigenvalue weighted by molar-refractivity contribution is 14.0. The number of nitrogens with zero attached hydrogens (tertiary/aromatic N) is 3. The number of aromatic nitrogens is 2. The van der Waals surface area contributed by atoms with Crippen molar-refractivity contribution in [2.24, 2.45) is 4.99 Å². The van der Waals surface area contributed by atoms with Crippen molar-refractivity contribution in [3.63, 3.8) is 0 Å². The van der Waals surface area contributed by atoms with Crippen LogP contribution < -0.4 is 10.6 Å². The highest BCUT2D eigenvalue weighted by Gasteiger charge is 2.06. The molecular formula is C23H30IN5. The molecule has 1 aromatic heterocycles. The molecule has 2 aromatic carbocycles. The molecule has 0 aliphatic rings. The molecule has 154 valence electrons. The van der Waals surface area contributed by atoms with Crippen molar-refractivity contribution in [2.45, 2.75) is 38.9 Å². The first-order valence-electron chi connectivity index (χ1n) is 9.77. The van der Waals surface area contributed by atoms with E-state index < -0.39 is 0 Å². The second-order valence-corrected chi connectivity index (χ2v) is 7.05. The van der Waals surface area contributed by atoms with Gasteiger partial charge in [0.1, 0.15) is 0 Å². The third-order valence-corrected chi connectivity index (χ3v) is 4.72. The topological polar surface area (TPSA) is 54.2 Å².